The molecule has 1 fully saturated rings. The number of hydrogen-bond acceptors (Lipinski definition) is 3. The van der Waals surface area contributed by atoms with Crippen LogP contribution < -0.4 is 5.32 Å². The van der Waals surface area contributed by atoms with E-state index in [1.165, 1.54) is 0 Å². The number of ether oxygens (including phenoxy) is 1. The van der Waals surface area contributed by atoms with Gasteiger partial charge in [0.25, 0.3) is 5.91 Å². The molecule has 3 rings (SSSR count). The second-order valence-corrected chi connectivity index (χ2v) is 4.96. The summed E-state index contributed by atoms with van der Waals surface area (Å²) in [5.74, 6) is -0.561. The molecule has 0 bridgehead atoms. The molecule has 4 nitrogen and oxygen atoms in total. The molecule has 2 aromatic carbocycles. The predicted octanol–water partition coefficient (Wildman–Crippen LogP) is 2.73. The lowest BCUT2D eigenvalue weighted by molar-refractivity contribution is -0.148. The van der Waals surface area contributed by atoms with Crippen LogP contribution in [0.5, 0.6) is 0 Å². The lowest BCUT2D eigenvalue weighted by Gasteiger charge is -2.09. The van der Waals surface area contributed by atoms with Crippen molar-refractivity contribution in [3.8, 4) is 0 Å². The molecule has 102 valence electrons. The van der Waals surface area contributed by atoms with Gasteiger partial charge in [-0.3, -0.25) is 9.59 Å². The van der Waals surface area contributed by atoms with Crippen molar-refractivity contribution in [1.82, 2.24) is 0 Å². The monoisotopic (exact) mass is 269 g/mol. The Kier molecular flexibility index (Phi) is 3.37. The van der Waals surface area contributed by atoms with Gasteiger partial charge in [-0.25, -0.2) is 0 Å². The molecule has 20 heavy (non-hydrogen) atoms. The summed E-state index contributed by atoms with van der Waals surface area (Å²) >= 11 is 0. The SMILES string of the molecule is O=C(COC(=O)C1CC1)Nc1cccc2ccccc12. The Bertz CT molecular complexity index is 656. The summed E-state index contributed by atoms with van der Waals surface area (Å²) in [6.45, 7) is -0.224. The molecule has 1 amide bonds. The number of nitrogens with one attached hydrogen (secondary N) is 1. The van der Waals surface area contributed by atoms with Gasteiger partial charge in [0.2, 0.25) is 0 Å². The number of hydrogen-bond donors (Lipinski definition) is 1. The van der Waals surface area contributed by atoms with E-state index in [2.05, 4.69) is 5.32 Å². The summed E-state index contributed by atoms with van der Waals surface area (Å²) in [6.07, 6.45) is 1.76. The number of fused-ring (bicyclic) bond motifs is 1. The fourth-order valence-corrected chi connectivity index (χ4v) is 2.09. The summed E-state index contributed by atoms with van der Waals surface area (Å²) in [5.41, 5.74) is 0.732. The maximum atomic E-state index is 11.8. The number of anilines is 1. The fourth-order valence-electron chi connectivity index (χ4n) is 2.09. The van der Waals surface area contributed by atoms with Crippen LogP contribution in [0.3, 0.4) is 0 Å². The summed E-state index contributed by atoms with van der Waals surface area (Å²) in [7, 11) is 0. The summed E-state index contributed by atoms with van der Waals surface area (Å²) in [5, 5.41) is 4.81. The van der Waals surface area contributed by atoms with Crippen LogP contribution in [0, 0.1) is 5.92 Å². The minimum atomic E-state index is -0.310. The average Bonchev–Trinajstić information content (AvgIpc) is 3.30. The molecule has 0 spiro atoms. The molecule has 0 aliphatic heterocycles. The van der Waals surface area contributed by atoms with Gasteiger partial charge in [-0.2, -0.15) is 0 Å². The molecule has 0 heterocycles. The molecule has 0 atom stereocenters. The van der Waals surface area contributed by atoms with Crippen molar-refractivity contribution in [3.05, 3.63) is 42.5 Å². The van der Waals surface area contributed by atoms with Crippen molar-refractivity contribution in [3.63, 3.8) is 0 Å². The van der Waals surface area contributed by atoms with Gasteiger partial charge in [0, 0.05) is 11.1 Å². The fraction of sp³-hybridized carbons (Fsp3) is 0.250. The van der Waals surface area contributed by atoms with Crippen LogP contribution in [0.15, 0.2) is 42.5 Å². The van der Waals surface area contributed by atoms with Crippen LogP contribution in [-0.2, 0) is 14.3 Å². The van der Waals surface area contributed by atoms with Crippen molar-refractivity contribution >= 4 is 28.3 Å². The first kappa shape index (κ1) is 12.7. The Morgan fingerprint density at radius 3 is 2.65 bits per heavy atom. The second kappa shape index (κ2) is 5.33. The Morgan fingerprint density at radius 2 is 1.85 bits per heavy atom. The topological polar surface area (TPSA) is 55.4 Å². The zero-order chi connectivity index (χ0) is 13.9. The van der Waals surface area contributed by atoms with Crippen LogP contribution in [0.1, 0.15) is 12.8 Å². The molecule has 1 aliphatic rings. The van der Waals surface area contributed by atoms with E-state index >= 15 is 0 Å². The highest BCUT2D eigenvalue weighted by Crippen LogP contribution is 2.30. The van der Waals surface area contributed by atoms with Gasteiger partial charge in [0.1, 0.15) is 0 Å². The largest absolute Gasteiger partial charge is 0.455 e. The molecule has 4 heteroatoms. The minimum absolute atomic E-state index is 0.0142. The summed E-state index contributed by atoms with van der Waals surface area (Å²) in [6, 6.07) is 13.5. The van der Waals surface area contributed by atoms with Crippen molar-refractivity contribution in [2.24, 2.45) is 5.92 Å². The van der Waals surface area contributed by atoms with Crippen molar-refractivity contribution < 1.29 is 14.3 Å². The van der Waals surface area contributed by atoms with E-state index in [1.807, 2.05) is 42.5 Å². The average molecular weight is 269 g/mol. The maximum Gasteiger partial charge on any atom is 0.309 e. The Morgan fingerprint density at radius 1 is 1.10 bits per heavy atom. The van der Waals surface area contributed by atoms with Crippen LogP contribution in [0.4, 0.5) is 5.69 Å². The number of benzene rings is 2. The first-order valence-electron chi connectivity index (χ1n) is 6.68. The second-order valence-electron chi connectivity index (χ2n) is 4.96. The lowest BCUT2D eigenvalue weighted by atomic mass is 10.1. The van der Waals surface area contributed by atoms with Gasteiger partial charge < -0.3 is 10.1 Å². The number of esters is 1. The lowest BCUT2D eigenvalue weighted by Crippen LogP contribution is -2.21. The molecule has 2 aromatic rings. The van der Waals surface area contributed by atoms with Crippen LogP contribution >= 0.6 is 0 Å². The zero-order valence-corrected chi connectivity index (χ0v) is 11.0. The number of rotatable bonds is 4. The maximum absolute atomic E-state index is 11.8. The molecular formula is C16H15NO3. The molecule has 0 unspecified atom stereocenters. The summed E-state index contributed by atoms with van der Waals surface area (Å²) < 4.78 is 4.96. The van der Waals surface area contributed by atoms with Gasteiger partial charge in [-0.15, -0.1) is 0 Å². The predicted molar refractivity (Wildman–Crippen MR) is 76.3 cm³/mol. The molecule has 1 aliphatic carbocycles. The van der Waals surface area contributed by atoms with Gasteiger partial charge >= 0.3 is 5.97 Å². The highest BCUT2D eigenvalue weighted by Gasteiger charge is 2.31. The highest BCUT2D eigenvalue weighted by atomic mass is 16.5. The van der Waals surface area contributed by atoms with Gasteiger partial charge in [-0.1, -0.05) is 36.4 Å². The third-order valence-corrected chi connectivity index (χ3v) is 3.32. The van der Waals surface area contributed by atoms with E-state index in [1.54, 1.807) is 0 Å². The molecule has 1 saturated carbocycles. The van der Waals surface area contributed by atoms with E-state index in [0.717, 1.165) is 29.3 Å². The molecule has 0 aromatic heterocycles. The number of amides is 1. The summed E-state index contributed by atoms with van der Waals surface area (Å²) in [4.78, 5) is 23.2. The third kappa shape index (κ3) is 2.79. The smallest absolute Gasteiger partial charge is 0.309 e. The van der Waals surface area contributed by atoms with Gasteiger partial charge in [0.15, 0.2) is 6.61 Å². The molecule has 0 saturated heterocycles. The highest BCUT2D eigenvalue weighted by molar-refractivity contribution is 6.02. The quantitative estimate of drug-likeness (QED) is 0.868. The molecule has 0 radical (unpaired) electrons. The van der Waals surface area contributed by atoms with Gasteiger partial charge in [-0.05, 0) is 24.3 Å². The first-order valence-corrected chi connectivity index (χ1v) is 6.68. The van der Waals surface area contributed by atoms with E-state index < -0.39 is 0 Å². The van der Waals surface area contributed by atoms with Crippen LogP contribution in [0.2, 0.25) is 0 Å². The Hall–Kier alpha value is -2.36. The number of carbonyl (C=O) groups excluding carboxylic acids is 2. The normalized spacial score (nSPS) is 14.0. The first-order chi connectivity index (χ1) is 9.74. The van der Waals surface area contributed by atoms with E-state index in [9.17, 15) is 9.59 Å². The van der Waals surface area contributed by atoms with Crippen molar-refractivity contribution in [2.45, 2.75) is 12.8 Å². The van der Waals surface area contributed by atoms with Crippen molar-refractivity contribution in [1.29, 1.82) is 0 Å². The van der Waals surface area contributed by atoms with Gasteiger partial charge in [0.05, 0.1) is 5.92 Å². The Balaban J connectivity index is 1.66. The van der Waals surface area contributed by atoms with E-state index in [0.29, 0.717) is 0 Å². The molecular weight excluding hydrogens is 254 g/mol. The van der Waals surface area contributed by atoms with Crippen LogP contribution in [-0.4, -0.2) is 18.5 Å². The van der Waals surface area contributed by atoms with E-state index in [-0.39, 0.29) is 24.4 Å². The zero-order valence-electron chi connectivity index (χ0n) is 11.0. The Labute approximate surface area is 116 Å². The van der Waals surface area contributed by atoms with Crippen molar-refractivity contribution in [2.75, 3.05) is 11.9 Å². The third-order valence-electron chi connectivity index (χ3n) is 3.32. The molecule has 1 N–H and O–H groups in total. The number of carbonyl (C=O) groups is 2. The van der Waals surface area contributed by atoms with E-state index in [4.69, 9.17) is 4.74 Å². The van der Waals surface area contributed by atoms with Crippen LogP contribution in [0.25, 0.3) is 10.8 Å². The minimum Gasteiger partial charge on any atom is -0.455 e. The standard InChI is InChI=1S/C16H15NO3/c18-15(10-20-16(19)12-8-9-12)17-14-7-3-5-11-4-1-2-6-13(11)14/h1-7,12H,8-10H2,(H,17,18).